The summed E-state index contributed by atoms with van der Waals surface area (Å²) in [5, 5.41) is 5.49. The zero-order chi connectivity index (χ0) is 17.8. The number of aromatic nitrogens is 2. The van der Waals surface area contributed by atoms with Crippen LogP contribution in [0.4, 0.5) is 26.1 Å². The molecule has 0 aliphatic heterocycles. The van der Waals surface area contributed by atoms with E-state index in [1.54, 1.807) is 0 Å². The van der Waals surface area contributed by atoms with E-state index in [9.17, 15) is 13.6 Å². The molecular formula is C18H14F2N4O. The molecule has 2 N–H and O–H groups in total. The summed E-state index contributed by atoms with van der Waals surface area (Å²) in [4.78, 5) is 20.3. The van der Waals surface area contributed by atoms with E-state index in [4.69, 9.17) is 0 Å². The van der Waals surface area contributed by atoms with Crippen molar-refractivity contribution in [2.75, 3.05) is 10.6 Å². The van der Waals surface area contributed by atoms with Gasteiger partial charge in [0.1, 0.15) is 0 Å². The topological polar surface area (TPSA) is 66.9 Å². The summed E-state index contributed by atoms with van der Waals surface area (Å²) < 4.78 is 26.1. The first-order valence-corrected chi connectivity index (χ1v) is 7.43. The molecule has 25 heavy (non-hydrogen) atoms. The molecule has 126 valence electrons. The number of carbonyl (C=O) groups is 1. The average molecular weight is 340 g/mol. The fourth-order valence-corrected chi connectivity index (χ4v) is 2.14. The number of nitrogens with zero attached hydrogens (tertiary/aromatic N) is 2. The Kier molecular flexibility index (Phi) is 4.65. The van der Waals surface area contributed by atoms with Crippen molar-refractivity contribution in [3.8, 4) is 0 Å². The SMILES string of the molecule is Cc1cccc(Nc2ncc(C(=O)Nc3ccc(F)c(F)c3)cn2)c1. The molecule has 0 saturated carbocycles. The maximum atomic E-state index is 13.2. The van der Waals surface area contributed by atoms with Gasteiger partial charge < -0.3 is 10.6 Å². The summed E-state index contributed by atoms with van der Waals surface area (Å²) in [5.41, 5.74) is 2.26. The molecule has 1 heterocycles. The van der Waals surface area contributed by atoms with Crippen molar-refractivity contribution in [2.24, 2.45) is 0 Å². The summed E-state index contributed by atoms with van der Waals surface area (Å²) in [6.45, 7) is 1.97. The number of carbonyl (C=O) groups excluding carboxylic acids is 1. The molecule has 7 heteroatoms. The van der Waals surface area contributed by atoms with Crippen LogP contribution in [0.1, 0.15) is 15.9 Å². The third-order valence-electron chi connectivity index (χ3n) is 3.37. The molecule has 0 radical (unpaired) electrons. The largest absolute Gasteiger partial charge is 0.324 e. The lowest BCUT2D eigenvalue weighted by Crippen LogP contribution is -2.13. The van der Waals surface area contributed by atoms with Crippen LogP contribution in [0, 0.1) is 18.6 Å². The van der Waals surface area contributed by atoms with Gasteiger partial charge in [-0.15, -0.1) is 0 Å². The first kappa shape index (κ1) is 16.5. The van der Waals surface area contributed by atoms with Crippen LogP contribution in [-0.4, -0.2) is 15.9 Å². The van der Waals surface area contributed by atoms with Crippen molar-refractivity contribution in [3.05, 3.63) is 77.6 Å². The molecule has 1 aromatic heterocycles. The number of hydrogen-bond acceptors (Lipinski definition) is 4. The van der Waals surface area contributed by atoms with Crippen molar-refractivity contribution >= 4 is 23.2 Å². The van der Waals surface area contributed by atoms with Crippen LogP contribution in [0.3, 0.4) is 0 Å². The summed E-state index contributed by atoms with van der Waals surface area (Å²) in [7, 11) is 0. The quantitative estimate of drug-likeness (QED) is 0.752. The highest BCUT2D eigenvalue weighted by Crippen LogP contribution is 2.16. The summed E-state index contributed by atoms with van der Waals surface area (Å²) in [6, 6.07) is 10.8. The third kappa shape index (κ3) is 4.14. The molecule has 0 saturated heterocycles. The van der Waals surface area contributed by atoms with E-state index >= 15 is 0 Å². The number of amides is 1. The molecule has 0 bridgehead atoms. The predicted molar refractivity (Wildman–Crippen MR) is 90.8 cm³/mol. The average Bonchev–Trinajstić information content (AvgIpc) is 2.59. The molecule has 0 aliphatic rings. The van der Waals surface area contributed by atoms with Crippen molar-refractivity contribution < 1.29 is 13.6 Å². The van der Waals surface area contributed by atoms with Gasteiger partial charge in [-0.05, 0) is 36.8 Å². The van der Waals surface area contributed by atoms with E-state index in [0.717, 1.165) is 23.4 Å². The second-order valence-corrected chi connectivity index (χ2v) is 5.37. The monoisotopic (exact) mass is 340 g/mol. The van der Waals surface area contributed by atoms with Crippen molar-refractivity contribution in [1.82, 2.24) is 9.97 Å². The molecular weight excluding hydrogens is 326 g/mol. The minimum absolute atomic E-state index is 0.144. The first-order valence-electron chi connectivity index (χ1n) is 7.43. The minimum Gasteiger partial charge on any atom is -0.324 e. The van der Waals surface area contributed by atoms with Crippen LogP contribution in [0.15, 0.2) is 54.9 Å². The van der Waals surface area contributed by atoms with Gasteiger partial charge in [0.05, 0.1) is 5.56 Å². The molecule has 0 atom stereocenters. The Bertz CT molecular complexity index is 913. The molecule has 2 aromatic carbocycles. The molecule has 0 aliphatic carbocycles. The van der Waals surface area contributed by atoms with Crippen molar-refractivity contribution in [2.45, 2.75) is 6.92 Å². The second kappa shape index (κ2) is 7.04. The third-order valence-corrected chi connectivity index (χ3v) is 3.37. The van der Waals surface area contributed by atoms with Gasteiger partial charge in [0, 0.05) is 29.8 Å². The molecule has 1 amide bonds. The Labute approximate surface area is 142 Å². The molecule has 3 rings (SSSR count). The van der Waals surface area contributed by atoms with E-state index in [1.165, 1.54) is 18.5 Å². The van der Waals surface area contributed by atoms with Crippen LogP contribution in [0.2, 0.25) is 0 Å². The fourth-order valence-electron chi connectivity index (χ4n) is 2.14. The number of nitrogens with one attached hydrogen (secondary N) is 2. The highest BCUT2D eigenvalue weighted by Gasteiger charge is 2.10. The Balaban J connectivity index is 1.68. The van der Waals surface area contributed by atoms with Crippen LogP contribution in [0.5, 0.6) is 0 Å². The lowest BCUT2D eigenvalue weighted by atomic mass is 10.2. The van der Waals surface area contributed by atoms with Gasteiger partial charge in [0.15, 0.2) is 11.6 Å². The standard InChI is InChI=1S/C18H14F2N4O/c1-11-3-2-4-13(7-11)24-18-21-9-12(10-22-18)17(25)23-14-5-6-15(19)16(20)8-14/h2-10H,1H3,(H,23,25)(H,21,22,24). The fraction of sp³-hybridized carbons (Fsp3) is 0.0556. The van der Waals surface area contributed by atoms with E-state index < -0.39 is 17.5 Å². The van der Waals surface area contributed by atoms with E-state index in [1.807, 2.05) is 31.2 Å². The Morgan fingerprint density at radius 1 is 0.960 bits per heavy atom. The minimum atomic E-state index is -1.04. The maximum Gasteiger partial charge on any atom is 0.258 e. The molecule has 0 spiro atoms. The smallest absolute Gasteiger partial charge is 0.258 e. The van der Waals surface area contributed by atoms with Crippen LogP contribution >= 0.6 is 0 Å². The Hall–Kier alpha value is -3.35. The number of rotatable bonds is 4. The number of anilines is 3. The number of halogens is 2. The lowest BCUT2D eigenvalue weighted by molar-refractivity contribution is 0.102. The summed E-state index contributed by atoms with van der Waals surface area (Å²) in [5.74, 6) is -2.19. The predicted octanol–water partition coefficient (Wildman–Crippen LogP) is 4.06. The van der Waals surface area contributed by atoms with Gasteiger partial charge in [0.2, 0.25) is 5.95 Å². The molecule has 0 unspecified atom stereocenters. The maximum absolute atomic E-state index is 13.2. The zero-order valence-electron chi connectivity index (χ0n) is 13.3. The first-order chi connectivity index (χ1) is 12.0. The normalized spacial score (nSPS) is 10.4. The summed E-state index contributed by atoms with van der Waals surface area (Å²) in [6.07, 6.45) is 2.70. The molecule has 0 fully saturated rings. The van der Waals surface area contributed by atoms with Crippen molar-refractivity contribution in [1.29, 1.82) is 0 Å². The van der Waals surface area contributed by atoms with Crippen LogP contribution < -0.4 is 10.6 Å². The van der Waals surface area contributed by atoms with Gasteiger partial charge in [-0.1, -0.05) is 12.1 Å². The van der Waals surface area contributed by atoms with Gasteiger partial charge >= 0.3 is 0 Å². The van der Waals surface area contributed by atoms with Gasteiger partial charge in [-0.25, -0.2) is 18.7 Å². The highest BCUT2D eigenvalue weighted by molar-refractivity contribution is 6.03. The lowest BCUT2D eigenvalue weighted by Gasteiger charge is -2.07. The van der Waals surface area contributed by atoms with Gasteiger partial charge in [0.25, 0.3) is 5.91 Å². The number of benzene rings is 2. The van der Waals surface area contributed by atoms with Crippen molar-refractivity contribution in [3.63, 3.8) is 0 Å². The highest BCUT2D eigenvalue weighted by atomic mass is 19.2. The van der Waals surface area contributed by atoms with E-state index in [0.29, 0.717) is 5.95 Å². The Morgan fingerprint density at radius 2 is 1.72 bits per heavy atom. The number of hydrogen-bond donors (Lipinski definition) is 2. The van der Waals surface area contributed by atoms with Gasteiger partial charge in [-0.2, -0.15) is 0 Å². The second-order valence-electron chi connectivity index (χ2n) is 5.37. The van der Waals surface area contributed by atoms with Crippen LogP contribution in [0.25, 0.3) is 0 Å². The Morgan fingerprint density at radius 3 is 2.40 bits per heavy atom. The van der Waals surface area contributed by atoms with E-state index in [-0.39, 0.29) is 11.3 Å². The van der Waals surface area contributed by atoms with Gasteiger partial charge in [-0.3, -0.25) is 4.79 Å². The zero-order valence-corrected chi connectivity index (χ0v) is 13.3. The molecule has 3 aromatic rings. The number of aryl methyl sites for hydroxylation is 1. The summed E-state index contributed by atoms with van der Waals surface area (Å²) >= 11 is 0. The van der Waals surface area contributed by atoms with E-state index in [2.05, 4.69) is 20.6 Å². The molecule has 5 nitrogen and oxygen atoms in total. The van der Waals surface area contributed by atoms with Crippen LogP contribution in [-0.2, 0) is 0 Å².